The van der Waals surface area contributed by atoms with Crippen LogP contribution in [0.2, 0.25) is 5.02 Å². The van der Waals surface area contributed by atoms with Gasteiger partial charge in [0.05, 0.1) is 18.0 Å². The van der Waals surface area contributed by atoms with Crippen LogP contribution in [0.1, 0.15) is 19.4 Å². The molecule has 0 amide bonds. The van der Waals surface area contributed by atoms with Gasteiger partial charge in [-0.3, -0.25) is 5.43 Å². The fraction of sp³-hybridized carbons (Fsp3) is 0.188. The number of rotatable bonds is 5. The van der Waals surface area contributed by atoms with Crippen LogP contribution in [0, 0.1) is 0 Å². The van der Waals surface area contributed by atoms with Gasteiger partial charge in [0.2, 0.25) is 0 Å². The first-order valence-corrected chi connectivity index (χ1v) is 6.82. The van der Waals surface area contributed by atoms with Crippen LogP contribution in [0.5, 0.6) is 5.75 Å². The van der Waals surface area contributed by atoms with Gasteiger partial charge < -0.3 is 4.74 Å². The summed E-state index contributed by atoms with van der Waals surface area (Å²) in [5.41, 5.74) is 4.79. The van der Waals surface area contributed by atoms with Crippen molar-refractivity contribution in [3.63, 3.8) is 0 Å². The number of benzene rings is 2. The number of halogens is 1. The molecule has 0 fully saturated rings. The zero-order valence-electron chi connectivity index (χ0n) is 11.5. The molecule has 3 nitrogen and oxygen atoms in total. The van der Waals surface area contributed by atoms with Crippen LogP contribution in [0.4, 0.5) is 5.69 Å². The Hall–Kier alpha value is -2.00. The third-order valence-electron chi connectivity index (χ3n) is 2.48. The summed E-state index contributed by atoms with van der Waals surface area (Å²) < 4.78 is 5.58. The van der Waals surface area contributed by atoms with Gasteiger partial charge in [-0.2, -0.15) is 5.10 Å². The summed E-state index contributed by atoms with van der Waals surface area (Å²) in [7, 11) is 0. The fourth-order valence-electron chi connectivity index (χ4n) is 1.64. The van der Waals surface area contributed by atoms with Crippen LogP contribution in [-0.2, 0) is 0 Å². The monoisotopic (exact) mass is 288 g/mol. The van der Waals surface area contributed by atoms with Crippen molar-refractivity contribution in [1.29, 1.82) is 0 Å². The van der Waals surface area contributed by atoms with Crippen LogP contribution in [0.3, 0.4) is 0 Å². The molecule has 0 spiro atoms. The van der Waals surface area contributed by atoms with Crippen LogP contribution in [-0.4, -0.2) is 12.3 Å². The first kappa shape index (κ1) is 14.4. The van der Waals surface area contributed by atoms with E-state index in [4.69, 9.17) is 16.3 Å². The average Bonchev–Trinajstić information content (AvgIpc) is 2.40. The molecule has 4 heteroatoms. The molecule has 1 N–H and O–H groups in total. The van der Waals surface area contributed by atoms with Crippen molar-refractivity contribution in [1.82, 2.24) is 0 Å². The van der Waals surface area contributed by atoms with E-state index in [1.165, 1.54) is 0 Å². The first-order chi connectivity index (χ1) is 9.63. The first-order valence-electron chi connectivity index (χ1n) is 6.45. The smallest absolute Gasteiger partial charge is 0.119 e. The zero-order chi connectivity index (χ0) is 14.4. The second-order valence-electron chi connectivity index (χ2n) is 4.62. The second-order valence-corrected chi connectivity index (χ2v) is 5.05. The van der Waals surface area contributed by atoms with E-state index < -0.39 is 0 Å². The Morgan fingerprint density at radius 2 is 1.90 bits per heavy atom. The van der Waals surface area contributed by atoms with E-state index in [1.54, 1.807) is 6.21 Å². The highest BCUT2D eigenvalue weighted by Gasteiger charge is 1.96. The number of hydrogen-bond acceptors (Lipinski definition) is 3. The number of hydrazone groups is 1. The van der Waals surface area contributed by atoms with E-state index in [9.17, 15) is 0 Å². The molecule has 0 saturated carbocycles. The summed E-state index contributed by atoms with van der Waals surface area (Å²) in [4.78, 5) is 0. The second kappa shape index (κ2) is 6.96. The predicted molar refractivity (Wildman–Crippen MR) is 84.9 cm³/mol. The van der Waals surface area contributed by atoms with Crippen LogP contribution < -0.4 is 10.2 Å². The molecule has 0 atom stereocenters. The lowest BCUT2D eigenvalue weighted by Crippen LogP contribution is -2.05. The van der Waals surface area contributed by atoms with Crippen molar-refractivity contribution in [3.8, 4) is 5.75 Å². The molecule has 0 radical (unpaired) electrons. The van der Waals surface area contributed by atoms with Gasteiger partial charge in [-0.25, -0.2) is 0 Å². The quantitative estimate of drug-likeness (QED) is 0.646. The van der Waals surface area contributed by atoms with Gasteiger partial charge in [0.1, 0.15) is 5.75 Å². The summed E-state index contributed by atoms with van der Waals surface area (Å²) in [6.45, 7) is 4.01. The lowest BCUT2D eigenvalue weighted by atomic mass is 10.2. The fourth-order valence-corrected chi connectivity index (χ4v) is 1.83. The van der Waals surface area contributed by atoms with Gasteiger partial charge in [0.25, 0.3) is 0 Å². The van der Waals surface area contributed by atoms with Crippen LogP contribution >= 0.6 is 11.6 Å². The lowest BCUT2D eigenvalue weighted by Gasteiger charge is -2.09. The molecule has 20 heavy (non-hydrogen) atoms. The summed E-state index contributed by atoms with van der Waals surface area (Å²) in [5.74, 6) is 0.861. The number of hydrogen-bond donors (Lipinski definition) is 1. The Morgan fingerprint density at radius 3 is 2.55 bits per heavy atom. The standard InChI is InChI=1S/C16H17ClN2O/c1-12(2)20-16-8-6-13(7-9-16)11-18-19-15-5-3-4-14(17)10-15/h3-12,19H,1-2H3. The molecular formula is C16H17ClN2O. The molecule has 2 aromatic carbocycles. The number of anilines is 1. The average molecular weight is 289 g/mol. The molecule has 0 heterocycles. The van der Waals surface area contributed by atoms with Gasteiger partial charge in [-0.05, 0) is 61.9 Å². The highest BCUT2D eigenvalue weighted by Crippen LogP contribution is 2.15. The predicted octanol–water partition coefficient (Wildman–Crippen LogP) is 4.57. The summed E-state index contributed by atoms with van der Waals surface area (Å²) in [6.07, 6.45) is 1.93. The van der Waals surface area contributed by atoms with E-state index >= 15 is 0 Å². The molecule has 2 rings (SSSR count). The van der Waals surface area contributed by atoms with E-state index in [1.807, 2.05) is 62.4 Å². The maximum atomic E-state index is 5.89. The van der Waals surface area contributed by atoms with Crippen molar-refractivity contribution in [2.75, 3.05) is 5.43 Å². The van der Waals surface area contributed by atoms with Crippen LogP contribution in [0.25, 0.3) is 0 Å². The van der Waals surface area contributed by atoms with Crippen molar-refractivity contribution < 1.29 is 4.74 Å². The third kappa shape index (κ3) is 4.59. The molecule has 0 aliphatic carbocycles. The molecule has 2 aromatic rings. The molecule has 104 valence electrons. The molecule has 0 unspecified atom stereocenters. The Bertz CT molecular complexity index is 579. The van der Waals surface area contributed by atoms with Crippen LogP contribution in [0.15, 0.2) is 53.6 Å². The van der Waals surface area contributed by atoms with Gasteiger partial charge >= 0.3 is 0 Å². The van der Waals surface area contributed by atoms with Gasteiger partial charge in [0, 0.05) is 5.02 Å². The third-order valence-corrected chi connectivity index (χ3v) is 2.72. The number of nitrogens with one attached hydrogen (secondary N) is 1. The zero-order valence-corrected chi connectivity index (χ0v) is 12.3. The molecule has 0 aromatic heterocycles. The molecule has 0 bridgehead atoms. The minimum atomic E-state index is 0.180. The summed E-state index contributed by atoms with van der Waals surface area (Å²) >= 11 is 5.89. The van der Waals surface area contributed by atoms with Crippen molar-refractivity contribution >= 4 is 23.5 Å². The Balaban J connectivity index is 1.94. The van der Waals surface area contributed by atoms with Crippen molar-refractivity contribution in [3.05, 3.63) is 59.1 Å². The van der Waals surface area contributed by atoms with E-state index in [0.717, 1.165) is 17.0 Å². The largest absolute Gasteiger partial charge is 0.491 e. The molecule has 0 aliphatic heterocycles. The minimum absolute atomic E-state index is 0.180. The van der Waals surface area contributed by atoms with Crippen molar-refractivity contribution in [2.24, 2.45) is 5.10 Å². The topological polar surface area (TPSA) is 33.6 Å². The number of nitrogens with zero attached hydrogens (tertiary/aromatic N) is 1. The Morgan fingerprint density at radius 1 is 1.15 bits per heavy atom. The maximum Gasteiger partial charge on any atom is 0.119 e. The van der Waals surface area contributed by atoms with Gasteiger partial charge in [-0.1, -0.05) is 17.7 Å². The Kier molecular flexibility index (Phi) is 5.02. The lowest BCUT2D eigenvalue weighted by molar-refractivity contribution is 0.242. The van der Waals surface area contributed by atoms with Crippen molar-refractivity contribution in [2.45, 2.75) is 20.0 Å². The summed E-state index contributed by atoms with van der Waals surface area (Å²) in [5, 5.41) is 4.85. The van der Waals surface area contributed by atoms with E-state index in [0.29, 0.717) is 5.02 Å². The molecular weight excluding hydrogens is 272 g/mol. The maximum absolute atomic E-state index is 5.89. The SMILES string of the molecule is CC(C)Oc1ccc(C=NNc2cccc(Cl)c2)cc1. The van der Waals surface area contributed by atoms with Gasteiger partial charge in [-0.15, -0.1) is 0 Å². The molecule has 0 aliphatic rings. The number of ether oxygens (including phenoxy) is 1. The highest BCUT2D eigenvalue weighted by molar-refractivity contribution is 6.30. The molecule has 0 saturated heterocycles. The Labute approximate surface area is 124 Å². The van der Waals surface area contributed by atoms with E-state index in [2.05, 4.69) is 10.5 Å². The minimum Gasteiger partial charge on any atom is -0.491 e. The summed E-state index contributed by atoms with van der Waals surface area (Å²) in [6, 6.07) is 15.2. The normalized spacial score (nSPS) is 11.0. The van der Waals surface area contributed by atoms with E-state index in [-0.39, 0.29) is 6.10 Å². The van der Waals surface area contributed by atoms with Gasteiger partial charge in [0.15, 0.2) is 0 Å². The highest BCUT2D eigenvalue weighted by atomic mass is 35.5.